The van der Waals surface area contributed by atoms with Crippen molar-refractivity contribution < 1.29 is 12.8 Å². The van der Waals surface area contributed by atoms with Crippen molar-refractivity contribution in [1.82, 2.24) is 4.72 Å². The average molecular weight is 399 g/mol. The normalized spacial score (nSPS) is 18.6. The van der Waals surface area contributed by atoms with Crippen LogP contribution in [0.4, 0.5) is 4.39 Å². The number of hydrogen-bond donors (Lipinski definition) is 1. The number of nitrogens with one attached hydrogen (secondary N) is 1. The summed E-state index contributed by atoms with van der Waals surface area (Å²) in [5, 5.41) is 0.778. The number of halogens is 3. The molecule has 1 aliphatic rings. The SMILES string of the molecule is O=S(=O)(NCC1(CBr)CCCCC1)c1cc(F)ccc1Cl. The van der Waals surface area contributed by atoms with Gasteiger partial charge in [-0.2, -0.15) is 0 Å². The van der Waals surface area contributed by atoms with E-state index in [1.807, 2.05) is 0 Å². The average Bonchev–Trinajstić information content (AvgIpc) is 2.49. The fraction of sp³-hybridized carbons (Fsp3) is 0.571. The quantitative estimate of drug-likeness (QED) is 0.759. The molecule has 0 atom stereocenters. The molecule has 0 unspecified atom stereocenters. The Kier molecular flexibility index (Phi) is 5.68. The minimum Gasteiger partial charge on any atom is -0.211 e. The fourth-order valence-corrected chi connectivity index (χ4v) is 5.09. The summed E-state index contributed by atoms with van der Waals surface area (Å²) in [7, 11) is -3.80. The molecule has 1 aliphatic carbocycles. The second-order valence-electron chi connectivity index (χ2n) is 5.59. The molecule has 1 aromatic rings. The van der Waals surface area contributed by atoms with E-state index in [0.717, 1.165) is 43.1 Å². The summed E-state index contributed by atoms with van der Waals surface area (Å²) in [6, 6.07) is 3.35. The smallest absolute Gasteiger partial charge is 0.211 e. The predicted molar refractivity (Wildman–Crippen MR) is 85.9 cm³/mol. The molecule has 0 radical (unpaired) electrons. The Hall–Kier alpha value is -0.170. The number of benzene rings is 1. The molecular formula is C14H18BrClFNO2S. The van der Waals surface area contributed by atoms with Gasteiger partial charge >= 0.3 is 0 Å². The van der Waals surface area contributed by atoms with Crippen LogP contribution in [0.1, 0.15) is 32.1 Å². The van der Waals surface area contributed by atoms with Crippen molar-refractivity contribution in [2.75, 3.05) is 11.9 Å². The first-order valence-corrected chi connectivity index (χ1v) is 9.88. The predicted octanol–water partition coefficient (Wildman–Crippen LogP) is 4.10. The molecule has 118 valence electrons. The van der Waals surface area contributed by atoms with Crippen LogP contribution in [-0.4, -0.2) is 20.3 Å². The van der Waals surface area contributed by atoms with E-state index >= 15 is 0 Å². The Morgan fingerprint density at radius 3 is 2.57 bits per heavy atom. The lowest BCUT2D eigenvalue weighted by Crippen LogP contribution is -2.40. The van der Waals surface area contributed by atoms with E-state index in [1.165, 1.54) is 12.5 Å². The highest BCUT2D eigenvalue weighted by molar-refractivity contribution is 9.09. The molecule has 2 rings (SSSR count). The third kappa shape index (κ3) is 4.18. The molecule has 7 heteroatoms. The maximum atomic E-state index is 13.3. The van der Waals surface area contributed by atoms with Crippen LogP contribution in [0.2, 0.25) is 5.02 Å². The molecule has 3 nitrogen and oxygen atoms in total. The van der Waals surface area contributed by atoms with Crippen LogP contribution in [0.5, 0.6) is 0 Å². The maximum Gasteiger partial charge on any atom is 0.242 e. The molecule has 0 aromatic heterocycles. The Balaban J connectivity index is 2.15. The van der Waals surface area contributed by atoms with E-state index in [0.29, 0.717) is 6.54 Å². The van der Waals surface area contributed by atoms with Gasteiger partial charge in [-0.3, -0.25) is 0 Å². The van der Waals surface area contributed by atoms with E-state index in [1.54, 1.807) is 0 Å². The number of rotatable bonds is 5. The largest absolute Gasteiger partial charge is 0.242 e. The van der Waals surface area contributed by atoms with Gasteiger partial charge < -0.3 is 0 Å². The van der Waals surface area contributed by atoms with Crippen molar-refractivity contribution in [2.45, 2.75) is 37.0 Å². The monoisotopic (exact) mass is 397 g/mol. The van der Waals surface area contributed by atoms with Crippen LogP contribution in [0.3, 0.4) is 0 Å². The van der Waals surface area contributed by atoms with E-state index in [2.05, 4.69) is 20.7 Å². The van der Waals surface area contributed by atoms with Crippen molar-refractivity contribution in [1.29, 1.82) is 0 Å². The zero-order valence-electron chi connectivity index (χ0n) is 11.5. The zero-order valence-corrected chi connectivity index (χ0v) is 14.7. The molecule has 0 saturated heterocycles. The summed E-state index contributed by atoms with van der Waals surface area (Å²) in [4.78, 5) is -0.204. The number of hydrogen-bond acceptors (Lipinski definition) is 2. The number of alkyl halides is 1. The molecule has 0 bridgehead atoms. The maximum absolute atomic E-state index is 13.3. The lowest BCUT2D eigenvalue weighted by molar-refractivity contribution is 0.227. The van der Waals surface area contributed by atoms with Gasteiger partial charge in [0.15, 0.2) is 0 Å². The first kappa shape index (κ1) is 17.2. The highest BCUT2D eigenvalue weighted by atomic mass is 79.9. The van der Waals surface area contributed by atoms with Gasteiger partial charge in [-0.1, -0.05) is 46.8 Å². The highest BCUT2D eigenvalue weighted by Crippen LogP contribution is 2.37. The summed E-state index contributed by atoms with van der Waals surface area (Å²) in [5.41, 5.74) is -0.0644. The van der Waals surface area contributed by atoms with Gasteiger partial charge in [0.25, 0.3) is 0 Å². The van der Waals surface area contributed by atoms with Crippen molar-refractivity contribution in [3.05, 3.63) is 29.0 Å². The van der Waals surface area contributed by atoms with E-state index in [-0.39, 0.29) is 15.3 Å². The van der Waals surface area contributed by atoms with Crippen LogP contribution in [0.15, 0.2) is 23.1 Å². The molecular weight excluding hydrogens is 381 g/mol. The summed E-state index contributed by atoms with van der Waals surface area (Å²) < 4.78 is 40.5. The molecule has 0 heterocycles. The minimum absolute atomic E-state index is 0.0282. The third-order valence-corrected chi connectivity index (χ3v) is 7.09. The Morgan fingerprint density at radius 2 is 1.95 bits per heavy atom. The second-order valence-corrected chi connectivity index (χ2v) is 8.30. The minimum atomic E-state index is -3.80. The molecule has 0 spiro atoms. The van der Waals surface area contributed by atoms with Gasteiger partial charge in [0.2, 0.25) is 10.0 Å². The standard InChI is InChI=1S/C14H18BrClFNO2S/c15-9-14(6-2-1-3-7-14)10-18-21(19,20)13-8-11(17)4-5-12(13)16/h4-5,8,18H,1-3,6-7,9-10H2. The molecule has 0 amide bonds. The molecule has 0 aliphatic heterocycles. The topological polar surface area (TPSA) is 46.2 Å². The van der Waals surface area contributed by atoms with Crippen LogP contribution in [0.25, 0.3) is 0 Å². The van der Waals surface area contributed by atoms with Gasteiger partial charge in [-0.15, -0.1) is 0 Å². The first-order chi connectivity index (χ1) is 9.88. The molecule has 1 saturated carbocycles. The first-order valence-electron chi connectivity index (χ1n) is 6.89. The summed E-state index contributed by atoms with van der Waals surface area (Å²) in [6.07, 6.45) is 5.37. The zero-order chi connectivity index (χ0) is 15.5. The van der Waals surface area contributed by atoms with Gasteiger partial charge in [0.1, 0.15) is 10.7 Å². The summed E-state index contributed by atoms with van der Waals surface area (Å²) in [5.74, 6) is -0.618. The van der Waals surface area contributed by atoms with E-state index in [4.69, 9.17) is 11.6 Å². The lowest BCUT2D eigenvalue weighted by Gasteiger charge is -2.35. The third-order valence-electron chi connectivity index (χ3n) is 4.02. The Morgan fingerprint density at radius 1 is 1.29 bits per heavy atom. The summed E-state index contributed by atoms with van der Waals surface area (Å²) >= 11 is 9.37. The fourth-order valence-electron chi connectivity index (χ4n) is 2.67. The highest BCUT2D eigenvalue weighted by Gasteiger charge is 2.32. The molecule has 1 aromatic carbocycles. The second kappa shape index (κ2) is 6.94. The lowest BCUT2D eigenvalue weighted by atomic mass is 9.76. The van der Waals surface area contributed by atoms with Gasteiger partial charge in [0, 0.05) is 11.9 Å². The number of sulfonamides is 1. The molecule has 1 N–H and O–H groups in total. The van der Waals surface area contributed by atoms with Gasteiger partial charge in [-0.05, 0) is 36.5 Å². The van der Waals surface area contributed by atoms with Crippen LogP contribution in [0, 0.1) is 11.2 Å². The summed E-state index contributed by atoms with van der Waals surface area (Å²) in [6.45, 7) is 0.341. The van der Waals surface area contributed by atoms with Gasteiger partial charge in [0.05, 0.1) is 5.02 Å². The Labute approximate surface area is 138 Å². The molecule has 1 fully saturated rings. The van der Waals surface area contributed by atoms with E-state index < -0.39 is 15.8 Å². The van der Waals surface area contributed by atoms with Crippen molar-refractivity contribution in [3.8, 4) is 0 Å². The van der Waals surface area contributed by atoms with Crippen molar-refractivity contribution >= 4 is 37.6 Å². The van der Waals surface area contributed by atoms with Crippen molar-refractivity contribution in [2.24, 2.45) is 5.41 Å². The van der Waals surface area contributed by atoms with Gasteiger partial charge in [-0.25, -0.2) is 17.5 Å². The van der Waals surface area contributed by atoms with Crippen LogP contribution in [-0.2, 0) is 10.0 Å². The Bertz CT molecular complexity index is 603. The van der Waals surface area contributed by atoms with Crippen molar-refractivity contribution in [3.63, 3.8) is 0 Å². The van der Waals surface area contributed by atoms with E-state index in [9.17, 15) is 12.8 Å². The van der Waals surface area contributed by atoms with Crippen LogP contribution >= 0.6 is 27.5 Å². The van der Waals surface area contributed by atoms with Crippen LogP contribution < -0.4 is 4.72 Å². The molecule has 21 heavy (non-hydrogen) atoms.